The lowest BCUT2D eigenvalue weighted by Gasteiger charge is -2.09. The van der Waals surface area contributed by atoms with Crippen molar-refractivity contribution in [2.45, 2.75) is 25.9 Å². The maximum absolute atomic E-state index is 12.6. The fourth-order valence-electron chi connectivity index (χ4n) is 3.68. The van der Waals surface area contributed by atoms with Gasteiger partial charge in [-0.25, -0.2) is 9.67 Å². The van der Waals surface area contributed by atoms with Gasteiger partial charge in [-0.3, -0.25) is 4.79 Å². The number of carbonyl (C=O) groups is 1. The monoisotopic (exact) mass is 460 g/mol. The number of anilines is 1. The summed E-state index contributed by atoms with van der Waals surface area (Å²) >= 11 is 6.07. The maximum atomic E-state index is 12.6. The molecule has 0 spiro atoms. The van der Waals surface area contributed by atoms with Crippen LogP contribution in [0, 0.1) is 12.8 Å². The number of hydrogen-bond donors (Lipinski definition) is 1. The van der Waals surface area contributed by atoms with Crippen molar-refractivity contribution in [3.63, 3.8) is 0 Å². The normalized spacial score (nSPS) is 16.9. The highest BCUT2D eigenvalue weighted by molar-refractivity contribution is 6.30. The third-order valence-corrected chi connectivity index (χ3v) is 5.68. The Kier molecular flexibility index (Phi) is 5.75. The first-order valence-electron chi connectivity index (χ1n) is 10.5. The van der Waals surface area contributed by atoms with Crippen molar-refractivity contribution in [2.24, 2.45) is 5.92 Å². The van der Waals surface area contributed by atoms with Gasteiger partial charge in [-0.15, -0.1) is 5.10 Å². The number of aromatic nitrogens is 5. The van der Waals surface area contributed by atoms with Crippen LogP contribution in [0.2, 0.25) is 5.02 Å². The molecule has 0 radical (unpaired) electrons. The fraction of sp³-hybridized carbons (Fsp3) is 0.208. The van der Waals surface area contributed by atoms with Crippen LogP contribution in [0.25, 0.3) is 5.82 Å². The lowest BCUT2D eigenvalue weighted by molar-refractivity contribution is -0.117. The van der Waals surface area contributed by atoms with Crippen molar-refractivity contribution in [3.05, 3.63) is 89.0 Å². The molecule has 1 saturated carbocycles. The lowest BCUT2D eigenvalue weighted by atomic mass is 10.1. The van der Waals surface area contributed by atoms with Crippen LogP contribution in [0.1, 0.15) is 29.0 Å². The van der Waals surface area contributed by atoms with Crippen molar-refractivity contribution in [1.29, 1.82) is 0 Å². The van der Waals surface area contributed by atoms with Crippen LogP contribution in [0.5, 0.6) is 5.75 Å². The van der Waals surface area contributed by atoms with Gasteiger partial charge in [0.05, 0.1) is 12.4 Å². The molecular weight excluding hydrogens is 440 g/mol. The second-order valence-electron chi connectivity index (χ2n) is 8.04. The third kappa shape index (κ3) is 5.01. The van der Waals surface area contributed by atoms with E-state index in [-0.39, 0.29) is 17.7 Å². The highest BCUT2D eigenvalue weighted by atomic mass is 35.5. The van der Waals surface area contributed by atoms with E-state index in [0.29, 0.717) is 29.0 Å². The van der Waals surface area contributed by atoms with E-state index in [1.54, 1.807) is 23.1 Å². The summed E-state index contributed by atoms with van der Waals surface area (Å²) in [5.41, 5.74) is 3.06. The van der Waals surface area contributed by atoms with Crippen LogP contribution >= 0.6 is 11.6 Å². The van der Waals surface area contributed by atoms with E-state index in [0.717, 1.165) is 23.1 Å². The number of nitrogens with zero attached hydrogens (tertiary/aromatic N) is 5. The molecule has 33 heavy (non-hydrogen) atoms. The first kappa shape index (κ1) is 21.1. The van der Waals surface area contributed by atoms with E-state index >= 15 is 0 Å². The average Bonchev–Trinajstić information content (AvgIpc) is 3.51. The minimum atomic E-state index is -0.101. The van der Waals surface area contributed by atoms with Gasteiger partial charge in [0.1, 0.15) is 12.4 Å². The molecule has 3 aromatic heterocycles. The van der Waals surface area contributed by atoms with Gasteiger partial charge in [-0.05, 0) is 60.2 Å². The molecule has 0 bridgehead atoms. The molecule has 1 aromatic carbocycles. The fourth-order valence-corrected chi connectivity index (χ4v) is 3.88. The maximum Gasteiger partial charge on any atom is 0.229 e. The summed E-state index contributed by atoms with van der Waals surface area (Å²) in [5.74, 6) is 1.57. The lowest BCUT2D eigenvalue weighted by Crippen LogP contribution is -2.16. The number of nitrogens with one attached hydrogen (secondary N) is 1. The second-order valence-corrected chi connectivity index (χ2v) is 8.48. The summed E-state index contributed by atoms with van der Waals surface area (Å²) in [6.45, 7) is 2.29. The van der Waals surface area contributed by atoms with E-state index in [1.807, 2.05) is 49.5 Å². The Morgan fingerprint density at radius 3 is 2.97 bits per heavy atom. The number of benzene rings is 1. The quantitative estimate of drug-likeness (QED) is 0.441. The molecule has 1 unspecified atom stereocenters. The van der Waals surface area contributed by atoms with Gasteiger partial charge in [0.2, 0.25) is 5.91 Å². The van der Waals surface area contributed by atoms with E-state index in [4.69, 9.17) is 16.3 Å². The van der Waals surface area contributed by atoms with Crippen molar-refractivity contribution in [3.8, 4) is 11.6 Å². The summed E-state index contributed by atoms with van der Waals surface area (Å²) in [4.78, 5) is 17.0. The first-order chi connectivity index (χ1) is 16.0. The van der Waals surface area contributed by atoms with Crippen LogP contribution in [0.4, 0.5) is 5.82 Å². The SMILES string of the molecule is Cc1cnn(-c2cc(COc3cnnc(NC(=O)C4C[C@H]4c4cccc(Cl)c4)c3)ccn2)c1. The van der Waals surface area contributed by atoms with E-state index < -0.39 is 0 Å². The Labute approximate surface area is 195 Å². The van der Waals surface area contributed by atoms with Gasteiger partial charge >= 0.3 is 0 Å². The second kappa shape index (κ2) is 8.99. The number of ether oxygens (including phenoxy) is 1. The molecule has 1 fully saturated rings. The molecule has 5 rings (SSSR count). The highest BCUT2D eigenvalue weighted by Gasteiger charge is 2.44. The molecule has 166 valence electrons. The molecule has 2 atom stereocenters. The van der Waals surface area contributed by atoms with Gasteiger partial charge in [0, 0.05) is 29.4 Å². The molecule has 1 amide bonds. The Bertz CT molecular complexity index is 1310. The Morgan fingerprint density at radius 2 is 2.15 bits per heavy atom. The minimum Gasteiger partial charge on any atom is -0.487 e. The van der Waals surface area contributed by atoms with Crippen LogP contribution < -0.4 is 10.1 Å². The predicted molar refractivity (Wildman–Crippen MR) is 123 cm³/mol. The summed E-state index contributed by atoms with van der Waals surface area (Å²) in [7, 11) is 0. The van der Waals surface area contributed by atoms with Crippen molar-refractivity contribution < 1.29 is 9.53 Å². The minimum absolute atomic E-state index is 0.0836. The molecule has 9 heteroatoms. The number of aryl methyl sites for hydroxylation is 1. The molecular formula is C24H21ClN6O2. The standard InChI is InChI=1S/C24H21ClN6O2/c1-15-11-28-31(13-15)23-7-16(5-6-26-23)14-33-19-9-22(30-27-12-19)29-24(32)21-10-20(21)17-3-2-4-18(25)8-17/h2-9,11-13,20-21H,10,14H2,1H3,(H,29,30,32)/t20-,21?/m0/s1. The van der Waals surface area contributed by atoms with Gasteiger partial charge in [0.15, 0.2) is 11.6 Å². The summed E-state index contributed by atoms with van der Waals surface area (Å²) in [5, 5.41) is 15.8. The van der Waals surface area contributed by atoms with Gasteiger partial charge in [-0.1, -0.05) is 23.7 Å². The summed E-state index contributed by atoms with van der Waals surface area (Å²) < 4.78 is 7.58. The van der Waals surface area contributed by atoms with E-state index in [2.05, 4.69) is 25.6 Å². The first-order valence-corrected chi connectivity index (χ1v) is 10.9. The van der Waals surface area contributed by atoms with Crippen LogP contribution in [0.15, 0.2) is 67.3 Å². The van der Waals surface area contributed by atoms with Gasteiger partial charge < -0.3 is 10.1 Å². The molecule has 0 aliphatic heterocycles. The Hall–Kier alpha value is -3.78. The van der Waals surface area contributed by atoms with Crippen LogP contribution in [0.3, 0.4) is 0 Å². The van der Waals surface area contributed by atoms with Gasteiger partial charge in [0.25, 0.3) is 0 Å². The smallest absolute Gasteiger partial charge is 0.229 e. The molecule has 4 aromatic rings. The van der Waals surface area contributed by atoms with Crippen molar-refractivity contribution >= 4 is 23.3 Å². The van der Waals surface area contributed by atoms with Gasteiger partial charge in [-0.2, -0.15) is 10.2 Å². The summed E-state index contributed by atoms with van der Waals surface area (Å²) in [6, 6.07) is 13.1. The molecule has 1 N–H and O–H groups in total. The molecule has 3 heterocycles. The molecule has 8 nitrogen and oxygen atoms in total. The topological polar surface area (TPSA) is 94.8 Å². The Morgan fingerprint density at radius 1 is 1.24 bits per heavy atom. The molecule has 0 saturated heterocycles. The number of hydrogen-bond acceptors (Lipinski definition) is 6. The van der Waals surface area contributed by atoms with Crippen molar-refractivity contribution in [1.82, 2.24) is 25.0 Å². The largest absolute Gasteiger partial charge is 0.487 e. The zero-order chi connectivity index (χ0) is 22.8. The molecule has 1 aliphatic carbocycles. The third-order valence-electron chi connectivity index (χ3n) is 5.45. The highest BCUT2D eigenvalue weighted by Crippen LogP contribution is 2.48. The number of rotatable bonds is 7. The number of pyridine rings is 1. The number of amides is 1. The summed E-state index contributed by atoms with van der Waals surface area (Å²) in [6.07, 6.45) is 7.71. The number of halogens is 1. The van der Waals surface area contributed by atoms with E-state index in [9.17, 15) is 4.79 Å². The predicted octanol–water partition coefficient (Wildman–Crippen LogP) is 4.34. The zero-order valence-corrected chi connectivity index (χ0v) is 18.6. The van der Waals surface area contributed by atoms with Crippen molar-refractivity contribution in [2.75, 3.05) is 5.32 Å². The number of carbonyl (C=O) groups excluding carboxylic acids is 1. The van der Waals surface area contributed by atoms with Crippen LogP contribution in [-0.4, -0.2) is 30.9 Å². The van der Waals surface area contributed by atoms with Crippen LogP contribution in [-0.2, 0) is 11.4 Å². The zero-order valence-electron chi connectivity index (χ0n) is 17.9. The average molecular weight is 461 g/mol. The molecule has 1 aliphatic rings. The Balaban J connectivity index is 1.19. The van der Waals surface area contributed by atoms with E-state index in [1.165, 1.54) is 6.20 Å².